The number of nitrogens with zero attached hydrogens (tertiary/aromatic N) is 1. The van der Waals surface area contributed by atoms with Gasteiger partial charge in [0.15, 0.2) is 0 Å². The number of hydrogen-bond donors (Lipinski definition) is 2. The van der Waals surface area contributed by atoms with Gasteiger partial charge in [0, 0.05) is 25.7 Å². The SMILES string of the molecule is C=CCN(CCO)CC1CCCC(N)C1. The van der Waals surface area contributed by atoms with E-state index in [2.05, 4.69) is 11.5 Å². The Hall–Kier alpha value is -0.380. The van der Waals surface area contributed by atoms with Crippen LogP contribution in [0.15, 0.2) is 12.7 Å². The summed E-state index contributed by atoms with van der Waals surface area (Å²) in [5.74, 6) is 0.709. The first-order chi connectivity index (χ1) is 7.26. The molecule has 88 valence electrons. The minimum atomic E-state index is 0.229. The standard InChI is InChI=1S/C12H24N2O/c1-2-6-14(7-8-15)10-11-4-3-5-12(13)9-11/h2,11-12,15H,1,3-10,13H2. The highest BCUT2D eigenvalue weighted by molar-refractivity contribution is 4.80. The summed E-state index contributed by atoms with van der Waals surface area (Å²) in [4.78, 5) is 2.26. The molecule has 3 nitrogen and oxygen atoms in total. The topological polar surface area (TPSA) is 49.5 Å². The third-order valence-corrected chi connectivity index (χ3v) is 3.14. The molecule has 3 heteroatoms. The van der Waals surface area contributed by atoms with Gasteiger partial charge >= 0.3 is 0 Å². The van der Waals surface area contributed by atoms with E-state index in [0.29, 0.717) is 12.0 Å². The molecule has 1 rings (SSSR count). The van der Waals surface area contributed by atoms with E-state index in [1.165, 1.54) is 19.3 Å². The summed E-state index contributed by atoms with van der Waals surface area (Å²) < 4.78 is 0. The van der Waals surface area contributed by atoms with Crippen molar-refractivity contribution in [1.82, 2.24) is 4.90 Å². The lowest BCUT2D eigenvalue weighted by molar-refractivity contribution is 0.168. The lowest BCUT2D eigenvalue weighted by atomic mass is 9.86. The van der Waals surface area contributed by atoms with Crippen LogP contribution >= 0.6 is 0 Å². The molecule has 15 heavy (non-hydrogen) atoms. The Morgan fingerprint density at radius 2 is 2.27 bits per heavy atom. The van der Waals surface area contributed by atoms with Gasteiger partial charge in [-0.15, -0.1) is 6.58 Å². The number of aliphatic hydroxyl groups excluding tert-OH is 1. The van der Waals surface area contributed by atoms with E-state index >= 15 is 0 Å². The number of aliphatic hydroxyl groups is 1. The molecular weight excluding hydrogens is 188 g/mol. The smallest absolute Gasteiger partial charge is 0.0558 e. The highest BCUT2D eigenvalue weighted by Gasteiger charge is 2.20. The molecule has 0 spiro atoms. The molecular formula is C12H24N2O. The Morgan fingerprint density at radius 1 is 1.47 bits per heavy atom. The van der Waals surface area contributed by atoms with Gasteiger partial charge in [0.1, 0.15) is 0 Å². The van der Waals surface area contributed by atoms with Crippen LogP contribution in [-0.2, 0) is 0 Å². The fraction of sp³-hybridized carbons (Fsp3) is 0.833. The van der Waals surface area contributed by atoms with Crippen LogP contribution in [0.25, 0.3) is 0 Å². The second-order valence-electron chi connectivity index (χ2n) is 4.56. The molecule has 1 saturated carbocycles. The molecule has 3 N–H and O–H groups in total. The van der Waals surface area contributed by atoms with Crippen LogP contribution < -0.4 is 5.73 Å². The molecule has 0 aromatic carbocycles. The lowest BCUT2D eigenvalue weighted by Crippen LogP contribution is -2.37. The number of hydrogen-bond acceptors (Lipinski definition) is 3. The molecule has 0 aliphatic heterocycles. The molecule has 0 amide bonds. The molecule has 1 aliphatic carbocycles. The summed E-state index contributed by atoms with van der Waals surface area (Å²) in [5, 5.41) is 8.94. The zero-order valence-corrected chi connectivity index (χ0v) is 9.57. The van der Waals surface area contributed by atoms with Crippen molar-refractivity contribution in [2.45, 2.75) is 31.7 Å². The predicted molar refractivity (Wildman–Crippen MR) is 63.7 cm³/mol. The Bertz CT molecular complexity index is 184. The average molecular weight is 212 g/mol. The van der Waals surface area contributed by atoms with Crippen molar-refractivity contribution in [3.8, 4) is 0 Å². The van der Waals surface area contributed by atoms with Crippen LogP contribution in [0.2, 0.25) is 0 Å². The van der Waals surface area contributed by atoms with E-state index in [4.69, 9.17) is 10.8 Å². The Labute approximate surface area is 93.0 Å². The third-order valence-electron chi connectivity index (χ3n) is 3.14. The second-order valence-corrected chi connectivity index (χ2v) is 4.56. The zero-order chi connectivity index (χ0) is 11.1. The van der Waals surface area contributed by atoms with Gasteiger partial charge in [0.2, 0.25) is 0 Å². The van der Waals surface area contributed by atoms with Crippen LogP contribution in [0.3, 0.4) is 0 Å². The lowest BCUT2D eigenvalue weighted by Gasteiger charge is -2.31. The van der Waals surface area contributed by atoms with E-state index in [9.17, 15) is 0 Å². The van der Waals surface area contributed by atoms with Crippen molar-refractivity contribution in [3.05, 3.63) is 12.7 Å². The van der Waals surface area contributed by atoms with Crippen molar-refractivity contribution in [2.75, 3.05) is 26.2 Å². The minimum absolute atomic E-state index is 0.229. The summed E-state index contributed by atoms with van der Waals surface area (Å²) in [7, 11) is 0. The highest BCUT2D eigenvalue weighted by Crippen LogP contribution is 2.23. The first-order valence-electron chi connectivity index (χ1n) is 5.96. The van der Waals surface area contributed by atoms with Gasteiger partial charge in [0.25, 0.3) is 0 Å². The summed E-state index contributed by atoms with van der Waals surface area (Å²) >= 11 is 0. The molecule has 1 fully saturated rings. The maximum absolute atomic E-state index is 8.94. The highest BCUT2D eigenvalue weighted by atomic mass is 16.3. The molecule has 0 heterocycles. The molecule has 0 bridgehead atoms. The van der Waals surface area contributed by atoms with Crippen molar-refractivity contribution in [1.29, 1.82) is 0 Å². The molecule has 2 unspecified atom stereocenters. The number of rotatable bonds is 6. The van der Waals surface area contributed by atoms with Crippen LogP contribution in [0.5, 0.6) is 0 Å². The Kier molecular flexibility index (Phi) is 5.91. The first-order valence-corrected chi connectivity index (χ1v) is 5.96. The summed E-state index contributed by atoms with van der Waals surface area (Å²) in [5.41, 5.74) is 5.96. The van der Waals surface area contributed by atoms with Gasteiger partial charge in [-0.2, -0.15) is 0 Å². The van der Waals surface area contributed by atoms with Crippen molar-refractivity contribution in [2.24, 2.45) is 11.7 Å². The normalized spacial score (nSPS) is 26.9. The molecule has 1 aliphatic rings. The minimum Gasteiger partial charge on any atom is -0.395 e. The van der Waals surface area contributed by atoms with Gasteiger partial charge in [-0.3, -0.25) is 4.90 Å². The molecule has 0 aromatic rings. The van der Waals surface area contributed by atoms with Crippen molar-refractivity contribution >= 4 is 0 Å². The molecule has 0 radical (unpaired) electrons. The van der Waals surface area contributed by atoms with E-state index < -0.39 is 0 Å². The van der Waals surface area contributed by atoms with E-state index in [0.717, 1.165) is 26.1 Å². The summed E-state index contributed by atoms with van der Waals surface area (Å²) in [6.07, 6.45) is 6.76. The van der Waals surface area contributed by atoms with E-state index in [1.807, 2.05) is 6.08 Å². The van der Waals surface area contributed by atoms with Gasteiger partial charge in [-0.05, 0) is 25.2 Å². The zero-order valence-electron chi connectivity index (χ0n) is 9.57. The van der Waals surface area contributed by atoms with Gasteiger partial charge in [-0.1, -0.05) is 12.5 Å². The second kappa shape index (κ2) is 6.99. The fourth-order valence-corrected chi connectivity index (χ4v) is 2.44. The van der Waals surface area contributed by atoms with Crippen LogP contribution in [0.1, 0.15) is 25.7 Å². The van der Waals surface area contributed by atoms with Gasteiger partial charge in [-0.25, -0.2) is 0 Å². The molecule has 2 atom stereocenters. The summed E-state index contributed by atoms with van der Waals surface area (Å²) in [6, 6.07) is 0.392. The Morgan fingerprint density at radius 3 is 2.87 bits per heavy atom. The van der Waals surface area contributed by atoms with Crippen LogP contribution in [-0.4, -0.2) is 42.3 Å². The average Bonchev–Trinajstić information content (AvgIpc) is 2.18. The monoisotopic (exact) mass is 212 g/mol. The fourth-order valence-electron chi connectivity index (χ4n) is 2.44. The maximum atomic E-state index is 8.94. The van der Waals surface area contributed by atoms with Crippen molar-refractivity contribution in [3.63, 3.8) is 0 Å². The third kappa shape index (κ3) is 4.78. The Balaban J connectivity index is 2.31. The largest absolute Gasteiger partial charge is 0.395 e. The van der Waals surface area contributed by atoms with Crippen LogP contribution in [0, 0.1) is 5.92 Å². The van der Waals surface area contributed by atoms with Crippen LogP contribution in [0.4, 0.5) is 0 Å². The van der Waals surface area contributed by atoms with Gasteiger partial charge < -0.3 is 10.8 Å². The first kappa shape index (κ1) is 12.7. The predicted octanol–water partition coefficient (Wildman–Crippen LogP) is 0.984. The molecule has 0 aromatic heterocycles. The van der Waals surface area contributed by atoms with Gasteiger partial charge in [0.05, 0.1) is 6.61 Å². The molecule has 0 saturated heterocycles. The van der Waals surface area contributed by atoms with Crippen molar-refractivity contribution < 1.29 is 5.11 Å². The van der Waals surface area contributed by atoms with E-state index in [-0.39, 0.29) is 6.61 Å². The number of nitrogens with two attached hydrogens (primary N) is 1. The van der Waals surface area contributed by atoms with E-state index in [1.54, 1.807) is 0 Å². The quantitative estimate of drug-likeness (QED) is 0.645. The maximum Gasteiger partial charge on any atom is 0.0558 e. The summed E-state index contributed by atoms with van der Waals surface area (Å²) in [6.45, 7) is 6.64.